The summed E-state index contributed by atoms with van der Waals surface area (Å²) in [5, 5.41) is 14.1. The highest BCUT2D eigenvalue weighted by atomic mass is 16.5. The number of urea groups is 1. The summed E-state index contributed by atoms with van der Waals surface area (Å²) in [7, 11) is 1.66. The van der Waals surface area contributed by atoms with Gasteiger partial charge in [-0.1, -0.05) is 0 Å². The summed E-state index contributed by atoms with van der Waals surface area (Å²) in [6.45, 7) is 4.57. The van der Waals surface area contributed by atoms with Gasteiger partial charge in [0.05, 0.1) is 5.41 Å². The zero-order valence-electron chi connectivity index (χ0n) is 11.4. The molecule has 0 fully saturated rings. The van der Waals surface area contributed by atoms with Gasteiger partial charge in [-0.15, -0.1) is 0 Å². The Balaban J connectivity index is 3.58. The molecule has 0 aromatic rings. The minimum Gasteiger partial charge on any atom is -0.481 e. The third-order valence-electron chi connectivity index (χ3n) is 2.58. The molecule has 3 N–H and O–H groups in total. The predicted octanol–water partition coefficient (Wildman–Crippen LogP) is 1.21. The fourth-order valence-corrected chi connectivity index (χ4v) is 1.19. The maximum atomic E-state index is 11.4. The van der Waals surface area contributed by atoms with Gasteiger partial charge in [0.1, 0.15) is 0 Å². The molecule has 0 atom stereocenters. The number of carbonyl (C=O) groups excluding carboxylic acids is 1. The van der Waals surface area contributed by atoms with Crippen LogP contribution in [0, 0.1) is 5.41 Å². The summed E-state index contributed by atoms with van der Waals surface area (Å²) < 4.78 is 4.91. The molecular weight excluding hydrogens is 236 g/mol. The van der Waals surface area contributed by atoms with E-state index in [4.69, 9.17) is 9.84 Å². The molecule has 0 saturated carbocycles. The summed E-state index contributed by atoms with van der Waals surface area (Å²) in [6.07, 6.45) is 2.86. The van der Waals surface area contributed by atoms with E-state index in [-0.39, 0.29) is 12.6 Å². The van der Waals surface area contributed by atoms with Crippen molar-refractivity contribution in [2.24, 2.45) is 5.41 Å². The Labute approximate surface area is 108 Å². The van der Waals surface area contributed by atoms with Crippen LogP contribution in [-0.2, 0) is 9.53 Å². The maximum absolute atomic E-state index is 11.4. The number of carboxylic acids is 1. The molecule has 0 aliphatic rings. The van der Waals surface area contributed by atoms with Crippen LogP contribution in [0.5, 0.6) is 0 Å². The fourth-order valence-electron chi connectivity index (χ4n) is 1.19. The van der Waals surface area contributed by atoms with Gasteiger partial charge in [-0.3, -0.25) is 4.79 Å². The molecule has 2 amide bonds. The lowest BCUT2D eigenvalue weighted by molar-refractivity contribution is -0.146. The van der Waals surface area contributed by atoms with Crippen LogP contribution in [-0.4, -0.2) is 43.9 Å². The molecule has 0 aromatic carbocycles. The van der Waals surface area contributed by atoms with Gasteiger partial charge in [-0.05, 0) is 33.1 Å². The lowest BCUT2D eigenvalue weighted by atomic mass is 9.94. The molecule has 0 rings (SSSR count). The van der Waals surface area contributed by atoms with E-state index in [0.29, 0.717) is 6.54 Å². The molecule has 0 aromatic heterocycles. The Hall–Kier alpha value is -1.30. The van der Waals surface area contributed by atoms with Gasteiger partial charge in [0.15, 0.2) is 0 Å². The van der Waals surface area contributed by atoms with Crippen LogP contribution in [0.25, 0.3) is 0 Å². The first kappa shape index (κ1) is 16.7. The second-order valence-corrected chi connectivity index (χ2v) is 4.85. The van der Waals surface area contributed by atoms with Crippen molar-refractivity contribution in [3.8, 4) is 0 Å². The van der Waals surface area contributed by atoms with Gasteiger partial charge >= 0.3 is 12.0 Å². The quantitative estimate of drug-likeness (QED) is 0.544. The Bertz CT molecular complexity index is 267. The minimum absolute atomic E-state index is 0.109. The van der Waals surface area contributed by atoms with E-state index in [1.54, 1.807) is 21.0 Å². The number of carbonyl (C=O) groups is 2. The van der Waals surface area contributed by atoms with E-state index in [2.05, 4.69) is 10.6 Å². The van der Waals surface area contributed by atoms with Gasteiger partial charge in [0.25, 0.3) is 0 Å². The lowest BCUT2D eigenvalue weighted by Gasteiger charge is -2.19. The smallest absolute Gasteiger partial charge is 0.314 e. The second-order valence-electron chi connectivity index (χ2n) is 4.85. The molecule has 18 heavy (non-hydrogen) atoms. The Morgan fingerprint density at radius 2 is 1.83 bits per heavy atom. The molecule has 0 radical (unpaired) electrons. The summed E-state index contributed by atoms with van der Waals surface area (Å²) >= 11 is 0. The van der Waals surface area contributed by atoms with Crippen molar-refractivity contribution in [1.82, 2.24) is 10.6 Å². The third-order valence-corrected chi connectivity index (χ3v) is 2.58. The molecular formula is C12H24N2O4. The fraction of sp³-hybridized carbons (Fsp3) is 0.833. The Morgan fingerprint density at radius 1 is 1.17 bits per heavy atom. The molecule has 6 nitrogen and oxygen atoms in total. The van der Waals surface area contributed by atoms with Crippen LogP contribution in [0.1, 0.15) is 33.1 Å². The van der Waals surface area contributed by atoms with Crippen LogP contribution < -0.4 is 10.6 Å². The average Bonchev–Trinajstić information content (AvgIpc) is 2.31. The van der Waals surface area contributed by atoms with E-state index in [0.717, 1.165) is 25.9 Å². The van der Waals surface area contributed by atoms with E-state index in [1.807, 2.05) is 0 Å². The predicted molar refractivity (Wildman–Crippen MR) is 68.5 cm³/mol. The van der Waals surface area contributed by atoms with Gasteiger partial charge in [-0.25, -0.2) is 4.79 Å². The van der Waals surface area contributed by atoms with E-state index in [9.17, 15) is 9.59 Å². The Morgan fingerprint density at radius 3 is 2.39 bits per heavy atom. The first-order chi connectivity index (χ1) is 8.40. The van der Waals surface area contributed by atoms with Crippen molar-refractivity contribution in [2.45, 2.75) is 33.1 Å². The number of rotatable bonds is 9. The molecule has 0 aliphatic carbocycles. The van der Waals surface area contributed by atoms with Crippen molar-refractivity contribution < 1.29 is 19.4 Å². The summed E-state index contributed by atoms with van der Waals surface area (Å²) in [4.78, 5) is 22.2. The molecule has 6 heteroatoms. The van der Waals surface area contributed by atoms with Crippen molar-refractivity contribution in [3.63, 3.8) is 0 Å². The van der Waals surface area contributed by atoms with E-state index < -0.39 is 11.4 Å². The SMILES string of the molecule is COCCCCCNC(=O)NCC(C)(C)C(=O)O. The van der Waals surface area contributed by atoms with Crippen LogP contribution in [0.3, 0.4) is 0 Å². The number of nitrogens with one attached hydrogen (secondary N) is 2. The average molecular weight is 260 g/mol. The number of unbranched alkanes of at least 4 members (excludes halogenated alkanes) is 2. The van der Waals surface area contributed by atoms with Gasteiger partial charge in [0.2, 0.25) is 0 Å². The number of methoxy groups -OCH3 is 1. The van der Waals surface area contributed by atoms with E-state index in [1.165, 1.54) is 0 Å². The first-order valence-electron chi connectivity index (χ1n) is 6.14. The van der Waals surface area contributed by atoms with Crippen molar-refractivity contribution in [1.29, 1.82) is 0 Å². The largest absolute Gasteiger partial charge is 0.481 e. The third kappa shape index (κ3) is 7.89. The molecule has 0 unspecified atom stereocenters. The van der Waals surface area contributed by atoms with Crippen LogP contribution >= 0.6 is 0 Å². The number of hydrogen-bond donors (Lipinski definition) is 3. The zero-order chi connectivity index (χ0) is 14.0. The minimum atomic E-state index is -0.949. The van der Waals surface area contributed by atoms with Crippen molar-refractivity contribution in [3.05, 3.63) is 0 Å². The number of hydrogen-bond acceptors (Lipinski definition) is 3. The highest BCUT2D eigenvalue weighted by molar-refractivity contribution is 5.77. The molecule has 0 aliphatic heterocycles. The van der Waals surface area contributed by atoms with Crippen LogP contribution in [0.15, 0.2) is 0 Å². The van der Waals surface area contributed by atoms with E-state index >= 15 is 0 Å². The standard InChI is InChI=1S/C12H24N2O4/c1-12(2,10(15)16)9-14-11(17)13-7-5-4-6-8-18-3/h4-9H2,1-3H3,(H,15,16)(H2,13,14,17). The number of aliphatic carboxylic acids is 1. The van der Waals surface area contributed by atoms with Crippen LogP contribution in [0.4, 0.5) is 4.79 Å². The molecule has 0 bridgehead atoms. The van der Waals surface area contributed by atoms with Gasteiger partial charge in [-0.2, -0.15) is 0 Å². The first-order valence-corrected chi connectivity index (χ1v) is 6.14. The number of amides is 2. The highest BCUT2D eigenvalue weighted by Gasteiger charge is 2.27. The monoisotopic (exact) mass is 260 g/mol. The maximum Gasteiger partial charge on any atom is 0.314 e. The normalized spacial score (nSPS) is 11.1. The van der Waals surface area contributed by atoms with Gasteiger partial charge in [0, 0.05) is 26.8 Å². The molecule has 0 saturated heterocycles. The van der Waals surface area contributed by atoms with Crippen LogP contribution in [0.2, 0.25) is 0 Å². The summed E-state index contributed by atoms with van der Waals surface area (Å²) in [6, 6.07) is -0.323. The zero-order valence-corrected chi connectivity index (χ0v) is 11.4. The molecule has 0 heterocycles. The molecule has 106 valence electrons. The summed E-state index contributed by atoms with van der Waals surface area (Å²) in [5.74, 6) is -0.928. The Kier molecular flexibility index (Phi) is 8.11. The number of ether oxygens (including phenoxy) is 1. The lowest BCUT2D eigenvalue weighted by Crippen LogP contribution is -2.43. The number of carboxylic acid groups (broad SMARTS) is 1. The van der Waals surface area contributed by atoms with Crippen molar-refractivity contribution >= 4 is 12.0 Å². The van der Waals surface area contributed by atoms with Crippen molar-refractivity contribution in [2.75, 3.05) is 26.8 Å². The van der Waals surface area contributed by atoms with Gasteiger partial charge < -0.3 is 20.5 Å². The molecule has 0 spiro atoms. The summed E-state index contributed by atoms with van der Waals surface area (Å²) in [5.41, 5.74) is -0.949. The highest BCUT2D eigenvalue weighted by Crippen LogP contribution is 2.12. The second kappa shape index (κ2) is 8.74. The topological polar surface area (TPSA) is 87.7 Å².